The van der Waals surface area contributed by atoms with E-state index in [1.54, 1.807) is 16.8 Å². The molecule has 0 spiro atoms. The van der Waals surface area contributed by atoms with Gasteiger partial charge in [-0.15, -0.1) is 0 Å². The van der Waals surface area contributed by atoms with Crippen LogP contribution >= 0.6 is 0 Å². The van der Waals surface area contributed by atoms with Gasteiger partial charge in [0.05, 0.1) is 5.69 Å². The maximum atomic E-state index is 13.4. The summed E-state index contributed by atoms with van der Waals surface area (Å²) in [6.07, 6.45) is 6.57. The van der Waals surface area contributed by atoms with Crippen LogP contribution < -0.4 is 5.32 Å². The van der Waals surface area contributed by atoms with Crippen LogP contribution in [0.5, 0.6) is 0 Å². The van der Waals surface area contributed by atoms with Crippen molar-refractivity contribution in [1.82, 2.24) is 15.1 Å². The van der Waals surface area contributed by atoms with Gasteiger partial charge >= 0.3 is 0 Å². The Kier molecular flexibility index (Phi) is 6.92. The minimum Gasteiger partial charge on any atom is -0.347 e. The standard InChI is InChI=1S/C26H38FN3O/c1-7-18(2)16-21-17-22(29-30(21)20-12-10-19(27)11-13-20)23(31)28-24(25(3,4)5)26(6)14-8-9-15-26/h10-13,17-18,24H,7-9,14-16H2,1-6H3,(H,28,31). The molecule has 1 saturated carbocycles. The fourth-order valence-corrected chi connectivity index (χ4v) is 5.10. The van der Waals surface area contributed by atoms with Crippen LogP contribution in [0, 0.1) is 22.6 Å². The fourth-order valence-electron chi connectivity index (χ4n) is 5.10. The van der Waals surface area contributed by atoms with Gasteiger partial charge < -0.3 is 5.32 Å². The SMILES string of the molecule is CCC(C)Cc1cc(C(=O)NC(C(C)(C)C)C2(C)CCCC2)nn1-c1ccc(F)cc1. The molecule has 1 amide bonds. The van der Waals surface area contributed by atoms with E-state index < -0.39 is 0 Å². The highest BCUT2D eigenvalue weighted by atomic mass is 19.1. The number of rotatable bonds is 7. The summed E-state index contributed by atoms with van der Waals surface area (Å²) in [6.45, 7) is 13.3. The third-order valence-corrected chi connectivity index (χ3v) is 6.93. The largest absolute Gasteiger partial charge is 0.347 e. The molecule has 0 radical (unpaired) electrons. The zero-order valence-corrected chi connectivity index (χ0v) is 20.0. The van der Waals surface area contributed by atoms with Gasteiger partial charge in [0.1, 0.15) is 5.82 Å². The topological polar surface area (TPSA) is 46.9 Å². The van der Waals surface area contributed by atoms with Crippen molar-refractivity contribution in [2.24, 2.45) is 16.7 Å². The molecule has 0 bridgehead atoms. The van der Waals surface area contributed by atoms with Crippen LogP contribution in [-0.2, 0) is 6.42 Å². The Balaban J connectivity index is 1.92. The fraction of sp³-hybridized carbons (Fsp3) is 0.615. The first-order chi connectivity index (χ1) is 14.5. The van der Waals surface area contributed by atoms with Crippen LogP contribution in [0.1, 0.15) is 89.8 Å². The Morgan fingerprint density at radius 2 is 1.84 bits per heavy atom. The number of aromatic nitrogens is 2. The molecule has 1 aliphatic carbocycles. The van der Waals surface area contributed by atoms with E-state index >= 15 is 0 Å². The molecule has 1 aromatic heterocycles. The Morgan fingerprint density at radius 1 is 1.23 bits per heavy atom. The predicted molar refractivity (Wildman–Crippen MR) is 124 cm³/mol. The molecule has 0 aliphatic heterocycles. The first-order valence-electron chi connectivity index (χ1n) is 11.7. The third kappa shape index (κ3) is 5.36. The lowest BCUT2D eigenvalue weighted by molar-refractivity contribution is 0.0734. The molecule has 0 saturated heterocycles. The summed E-state index contributed by atoms with van der Waals surface area (Å²) in [5.74, 6) is 0.0565. The molecule has 3 rings (SSSR count). The van der Waals surface area contributed by atoms with Crippen LogP contribution in [0.2, 0.25) is 0 Å². The van der Waals surface area contributed by atoms with Crippen molar-refractivity contribution in [2.75, 3.05) is 0 Å². The first-order valence-corrected chi connectivity index (χ1v) is 11.7. The van der Waals surface area contributed by atoms with E-state index in [9.17, 15) is 9.18 Å². The molecule has 2 atom stereocenters. The van der Waals surface area contributed by atoms with Crippen LogP contribution in [-0.4, -0.2) is 21.7 Å². The number of nitrogens with zero attached hydrogens (tertiary/aromatic N) is 2. The minimum absolute atomic E-state index is 0.0478. The number of carbonyl (C=O) groups is 1. The molecule has 1 N–H and O–H groups in total. The van der Waals surface area contributed by atoms with Crippen molar-refractivity contribution in [2.45, 2.75) is 86.1 Å². The normalized spacial score (nSPS) is 18.0. The minimum atomic E-state index is -0.282. The number of hydrogen-bond acceptors (Lipinski definition) is 2. The highest BCUT2D eigenvalue weighted by Crippen LogP contribution is 2.46. The quantitative estimate of drug-likeness (QED) is 0.562. The number of hydrogen-bond donors (Lipinski definition) is 1. The Bertz CT molecular complexity index is 888. The van der Waals surface area contributed by atoms with Crippen molar-refractivity contribution in [3.63, 3.8) is 0 Å². The molecule has 2 unspecified atom stereocenters. The summed E-state index contributed by atoms with van der Waals surface area (Å²) in [5.41, 5.74) is 2.23. The lowest BCUT2D eigenvalue weighted by Gasteiger charge is -2.43. The summed E-state index contributed by atoms with van der Waals surface area (Å²) < 4.78 is 15.2. The van der Waals surface area contributed by atoms with Crippen molar-refractivity contribution in [1.29, 1.82) is 0 Å². The van der Waals surface area contributed by atoms with Gasteiger partial charge in [-0.05, 0) is 66.3 Å². The van der Waals surface area contributed by atoms with Crippen LogP contribution in [0.3, 0.4) is 0 Å². The van der Waals surface area contributed by atoms with E-state index in [4.69, 9.17) is 0 Å². The second kappa shape index (κ2) is 9.13. The van der Waals surface area contributed by atoms with Crippen molar-refractivity contribution in [3.05, 3.63) is 47.5 Å². The molecule has 4 nitrogen and oxygen atoms in total. The van der Waals surface area contributed by atoms with Crippen LogP contribution in [0.25, 0.3) is 5.69 Å². The van der Waals surface area contributed by atoms with Gasteiger partial charge in [-0.2, -0.15) is 5.10 Å². The first kappa shape index (κ1) is 23.5. The van der Waals surface area contributed by atoms with E-state index in [0.29, 0.717) is 11.6 Å². The van der Waals surface area contributed by atoms with Crippen molar-refractivity contribution >= 4 is 5.91 Å². The second-order valence-corrected chi connectivity index (χ2v) is 10.8. The van der Waals surface area contributed by atoms with Gasteiger partial charge in [0.15, 0.2) is 5.69 Å². The average Bonchev–Trinajstić information content (AvgIpc) is 3.33. The molecule has 1 heterocycles. The molecule has 2 aromatic rings. The second-order valence-electron chi connectivity index (χ2n) is 10.8. The molecule has 5 heteroatoms. The number of amides is 1. The highest BCUT2D eigenvalue weighted by Gasteiger charge is 2.44. The molecular weight excluding hydrogens is 389 g/mol. The molecule has 1 fully saturated rings. The Hall–Kier alpha value is -2.17. The van der Waals surface area contributed by atoms with Crippen LogP contribution in [0.4, 0.5) is 4.39 Å². The number of carbonyl (C=O) groups excluding carboxylic acids is 1. The number of benzene rings is 1. The molecular formula is C26H38FN3O. The van der Waals surface area contributed by atoms with E-state index in [2.05, 4.69) is 52.0 Å². The molecule has 1 aliphatic rings. The van der Waals surface area contributed by atoms with Gasteiger partial charge in [-0.25, -0.2) is 9.07 Å². The van der Waals surface area contributed by atoms with Gasteiger partial charge in [-0.1, -0.05) is 60.8 Å². The maximum Gasteiger partial charge on any atom is 0.272 e. The Labute approximate surface area is 186 Å². The molecule has 31 heavy (non-hydrogen) atoms. The monoisotopic (exact) mass is 427 g/mol. The van der Waals surface area contributed by atoms with E-state index in [1.165, 1.54) is 25.0 Å². The predicted octanol–water partition coefficient (Wildman–Crippen LogP) is 6.32. The van der Waals surface area contributed by atoms with E-state index in [0.717, 1.165) is 37.1 Å². The summed E-state index contributed by atoms with van der Waals surface area (Å²) in [5, 5.41) is 8.01. The number of nitrogens with one attached hydrogen (secondary N) is 1. The summed E-state index contributed by atoms with van der Waals surface area (Å²) in [7, 11) is 0. The zero-order valence-electron chi connectivity index (χ0n) is 20.0. The van der Waals surface area contributed by atoms with Gasteiger partial charge in [-0.3, -0.25) is 4.79 Å². The Morgan fingerprint density at radius 3 is 2.39 bits per heavy atom. The number of halogens is 1. The van der Waals surface area contributed by atoms with E-state index in [1.807, 2.05) is 6.07 Å². The van der Waals surface area contributed by atoms with Gasteiger partial charge in [0.25, 0.3) is 5.91 Å². The van der Waals surface area contributed by atoms with Gasteiger partial charge in [0, 0.05) is 11.7 Å². The molecule has 170 valence electrons. The van der Waals surface area contributed by atoms with Crippen molar-refractivity contribution in [3.8, 4) is 5.69 Å². The summed E-state index contributed by atoms with van der Waals surface area (Å²) in [6, 6.07) is 8.26. The maximum absolute atomic E-state index is 13.4. The zero-order chi connectivity index (χ0) is 22.8. The van der Waals surface area contributed by atoms with E-state index in [-0.39, 0.29) is 28.6 Å². The van der Waals surface area contributed by atoms with Crippen molar-refractivity contribution < 1.29 is 9.18 Å². The molecule has 1 aromatic carbocycles. The third-order valence-electron chi connectivity index (χ3n) is 6.93. The highest BCUT2D eigenvalue weighted by molar-refractivity contribution is 5.92. The average molecular weight is 428 g/mol. The summed E-state index contributed by atoms with van der Waals surface area (Å²) >= 11 is 0. The smallest absolute Gasteiger partial charge is 0.272 e. The van der Waals surface area contributed by atoms with Crippen LogP contribution in [0.15, 0.2) is 30.3 Å². The lowest BCUT2D eigenvalue weighted by atomic mass is 9.69. The summed E-state index contributed by atoms with van der Waals surface area (Å²) in [4.78, 5) is 13.4. The van der Waals surface area contributed by atoms with Gasteiger partial charge in [0.2, 0.25) is 0 Å². The lowest BCUT2D eigenvalue weighted by Crippen LogP contribution is -2.52.